The molecule has 1 rings (SSSR count). The van der Waals surface area contributed by atoms with E-state index in [9.17, 15) is 4.79 Å². The lowest BCUT2D eigenvalue weighted by atomic mass is 10.2. The van der Waals surface area contributed by atoms with Gasteiger partial charge < -0.3 is 10.1 Å². The first kappa shape index (κ1) is 13.6. The number of pyridine rings is 1. The Balaban J connectivity index is 2.28. The monoisotopic (exact) mass is 236 g/mol. The van der Waals surface area contributed by atoms with Gasteiger partial charge in [-0.05, 0) is 39.3 Å². The molecular weight excluding hydrogens is 216 g/mol. The van der Waals surface area contributed by atoms with Crippen LogP contribution in [0.1, 0.15) is 32.0 Å². The minimum atomic E-state index is -0.426. The summed E-state index contributed by atoms with van der Waals surface area (Å²) in [5.41, 5.74) is 1.62. The molecule has 1 heterocycles. The average molecular weight is 236 g/mol. The molecule has 17 heavy (non-hydrogen) atoms. The summed E-state index contributed by atoms with van der Waals surface area (Å²) in [6.07, 6.45) is 1.80. The Morgan fingerprint density at radius 3 is 2.65 bits per heavy atom. The van der Waals surface area contributed by atoms with Crippen LogP contribution in [-0.4, -0.2) is 23.1 Å². The Morgan fingerprint density at radius 1 is 1.41 bits per heavy atom. The molecule has 0 unspecified atom stereocenters. The third kappa shape index (κ3) is 6.02. The van der Waals surface area contributed by atoms with Crippen molar-refractivity contribution in [1.82, 2.24) is 10.3 Å². The van der Waals surface area contributed by atoms with Crippen LogP contribution in [0, 0.1) is 6.92 Å². The average Bonchev–Trinajstić information content (AvgIpc) is 2.18. The number of esters is 1. The molecule has 0 bridgehead atoms. The van der Waals surface area contributed by atoms with E-state index in [4.69, 9.17) is 4.74 Å². The van der Waals surface area contributed by atoms with Crippen molar-refractivity contribution in [2.45, 2.75) is 39.8 Å². The topological polar surface area (TPSA) is 51.2 Å². The second kappa shape index (κ2) is 5.77. The van der Waals surface area contributed by atoms with Gasteiger partial charge in [0, 0.05) is 18.4 Å². The molecule has 0 aliphatic rings. The van der Waals surface area contributed by atoms with Crippen LogP contribution in [0.25, 0.3) is 0 Å². The Morgan fingerprint density at radius 2 is 2.12 bits per heavy atom. The van der Waals surface area contributed by atoms with Crippen molar-refractivity contribution in [2.24, 2.45) is 0 Å². The molecule has 0 radical (unpaired) electrons. The fraction of sp³-hybridized carbons (Fsp3) is 0.538. The maximum absolute atomic E-state index is 11.4. The molecular formula is C13H20N2O2. The summed E-state index contributed by atoms with van der Waals surface area (Å²) in [4.78, 5) is 15.6. The summed E-state index contributed by atoms with van der Waals surface area (Å²) in [5.74, 6) is -0.238. The molecule has 0 aromatic carbocycles. The molecule has 94 valence electrons. The predicted molar refractivity (Wildman–Crippen MR) is 66.5 cm³/mol. The molecule has 0 spiro atoms. The Kier molecular flexibility index (Phi) is 4.63. The Bertz CT molecular complexity index is 366. The van der Waals surface area contributed by atoms with E-state index < -0.39 is 5.60 Å². The maximum Gasteiger partial charge on any atom is 0.320 e. The van der Waals surface area contributed by atoms with E-state index in [1.165, 1.54) is 0 Å². The first-order chi connectivity index (χ1) is 7.87. The molecule has 1 aromatic heterocycles. The van der Waals surface area contributed by atoms with Crippen LogP contribution in [0.4, 0.5) is 0 Å². The number of nitrogens with one attached hydrogen (secondary N) is 1. The van der Waals surface area contributed by atoms with Gasteiger partial charge in [-0.1, -0.05) is 6.07 Å². The molecule has 4 heteroatoms. The lowest BCUT2D eigenvalue weighted by Gasteiger charge is -2.19. The summed E-state index contributed by atoms with van der Waals surface area (Å²) >= 11 is 0. The zero-order valence-electron chi connectivity index (χ0n) is 10.9. The Labute approximate surface area is 102 Å². The predicted octanol–water partition coefficient (Wildman–Crippen LogP) is 1.82. The van der Waals surface area contributed by atoms with Crippen molar-refractivity contribution in [2.75, 3.05) is 6.54 Å². The molecule has 0 saturated carbocycles. The number of aryl methyl sites for hydroxylation is 1. The highest BCUT2D eigenvalue weighted by Crippen LogP contribution is 2.06. The molecule has 0 amide bonds. The summed E-state index contributed by atoms with van der Waals surface area (Å²) in [6.45, 7) is 8.34. The number of hydrogen-bond acceptors (Lipinski definition) is 4. The molecule has 0 fully saturated rings. The van der Waals surface area contributed by atoms with Gasteiger partial charge in [0.25, 0.3) is 0 Å². The largest absolute Gasteiger partial charge is 0.459 e. The van der Waals surface area contributed by atoms with E-state index >= 15 is 0 Å². The van der Waals surface area contributed by atoms with Gasteiger partial charge in [0.2, 0.25) is 0 Å². The third-order valence-electron chi connectivity index (χ3n) is 1.99. The van der Waals surface area contributed by atoms with Gasteiger partial charge in [0.15, 0.2) is 0 Å². The second-order valence-electron chi connectivity index (χ2n) is 5.00. The number of hydrogen-bond donors (Lipinski definition) is 1. The summed E-state index contributed by atoms with van der Waals surface area (Å²) in [6, 6.07) is 3.94. The first-order valence-corrected chi connectivity index (χ1v) is 5.71. The summed E-state index contributed by atoms with van der Waals surface area (Å²) < 4.78 is 5.18. The zero-order chi connectivity index (χ0) is 12.9. The quantitative estimate of drug-likeness (QED) is 0.810. The SMILES string of the molecule is Cc1ccc(CNCC(=O)OC(C)(C)C)cn1. The van der Waals surface area contributed by atoms with Crippen LogP contribution in [0.15, 0.2) is 18.3 Å². The normalized spacial score (nSPS) is 11.3. The molecule has 0 saturated heterocycles. The van der Waals surface area contributed by atoms with Gasteiger partial charge in [-0.15, -0.1) is 0 Å². The van der Waals surface area contributed by atoms with Crippen molar-refractivity contribution in [3.8, 4) is 0 Å². The summed E-state index contributed by atoms with van der Waals surface area (Å²) in [5, 5.41) is 3.03. The lowest BCUT2D eigenvalue weighted by molar-refractivity contribution is -0.153. The van der Waals surface area contributed by atoms with Gasteiger partial charge in [-0.2, -0.15) is 0 Å². The molecule has 4 nitrogen and oxygen atoms in total. The Hall–Kier alpha value is -1.42. The number of rotatable bonds is 4. The van der Waals surface area contributed by atoms with Crippen molar-refractivity contribution < 1.29 is 9.53 Å². The van der Waals surface area contributed by atoms with Crippen LogP contribution < -0.4 is 5.32 Å². The molecule has 0 aliphatic carbocycles. The van der Waals surface area contributed by atoms with E-state index in [-0.39, 0.29) is 12.5 Å². The number of carbonyl (C=O) groups excluding carboxylic acids is 1. The van der Waals surface area contributed by atoms with Crippen LogP contribution in [0.2, 0.25) is 0 Å². The standard InChI is InChI=1S/C13H20N2O2/c1-10-5-6-11(8-15-10)7-14-9-12(16)17-13(2,3)4/h5-6,8,14H,7,9H2,1-4H3. The molecule has 1 aromatic rings. The third-order valence-corrected chi connectivity index (χ3v) is 1.99. The van der Waals surface area contributed by atoms with Crippen molar-refractivity contribution in [3.05, 3.63) is 29.6 Å². The van der Waals surface area contributed by atoms with Gasteiger partial charge in [0.05, 0.1) is 6.54 Å². The van der Waals surface area contributed by atoms with Crippen LogP contribution in [0.3, 0.4) is 0 Å². The first-order valence-electron chi connectivity index (χ1n) is 5.71. The lowest BCUT2D eigenvalue weighted by Crippen LogP contribution is -2.31. The number of carbonyl (C=O) groups is 1. The van der Waals surface area contributed by atoms with Gasteiger partial charge in [-0.25, -0.2) is 0 Å². The number of nitrogens with zero attached hydrogens (tertiary/aromatic N) is 1. The van der Waals surface area contributed by atoms with E-state index in [2.05, 4.69) is 10.3 Å². The second-order valence-corrected chi connectivity index (χ2v) is 5.00. The van der Waals surface area contributed by atoms with Crippen molar-refractivity contribution in [1.29, 1.82) is 0 Å². The van der Waals surface area contributed by atoms with E-state index in [0.29, 0.717) is 6.54 Å². The van der Waals surface area contributed by atoms with Gasteiger partial charge >= 0.3 is 5.97 Å². The highest BCUT2D eigenvalue weighted by Gasteiger charge is 2.15. The van der Waals surface area contributed by atoms with Crippen LogP contribution >= 0.6 is 0 Å². The maximum atomic E-state index is 11.4. The number of ether oxygens (including phenoxy) is 1. The molecule has 0 atom stereocenters. The summed E-state index contributed by atoms with van der Waals surface area (Å²) in [7, 11) is 0. The van der Waals surface area contributed by atoms with Gasteiger partial charge in [-0.3, -0.25) is 9.78 Å². The van der Waals surface area contributed by atoms with E-state index in [1.54, 1.807) is 6.20 Å². The van der Waals surface area contributed by atoms with Crippen molar-refractivity contribution >= 4 is 5.97 Å². The fourth-order valence-corrected chi connectivity index (χ4v) is 1.29. The van der Waals surface area contributed by atoms with E-state index in [0.717, 1.165) is 11.3 Å². The molecule has 1 N–H and O–H groups in total. The fourth-order valence-electron chi connectivity index (χ4n) is 1.29. The zero-order valence-corrected chi connectivity index (χ0v) is 10.9. The highest BCUT2D eigenvalue weighted by molar-refractivity contribution is 5.72. The number of aromatic nitrogens is 1. The van der Waals surface area contributed by atoms with E-state index in [1.807, 2.05) is 39.8 Å². The van der Waals surface area contributed by atoms with Crippen LogP contribution in [0.5, 0.6) is 0 Å². The van der Waals surface area contributed by atoms with Crippen LogP contribution in [-0.2, 0) is 16.1 Å². The smallest absolute Gasteiger partial charge is 0.320 e. The minimum Gasteiger partial charge on any atom is -0.459 e. The van der Waals surface area contributed by atoms with Crippen molar-refractivity contribution in [3.63, 3.8) is 0 Å². The van der Waals surface area contributed by atoms with Gasteiger partial charge in [0.1, 0.15) is 5.60 Å². The highest BCUT2D eigenvalue weighted by atomic mass is 16.6. The molecule has 0 aliphatic heterocycles. The minimum absolute atomic E-state index is 0.213.